The number of carbonyl (C=O) groups excluding carboxylic acids is 1. The van der Waals surface area contributed by atoms with E-state index in [2.05, 4.69) is 10.6 Å². The zero-order valence-corrected chi connectivity index (χ0v) is 11.5. The van der Waals surface area contributed by atoms with E-state index in [0.29, 0.717) is 0 Å². The summed E-state index contributed by atoms with van der Waals surface area (Å²) in [5.74, 6) is 0.515. The lowest BCUT2D eigenvalue weighted by atomic mass is 9.89. The molecule has 1 rings (SSSR count). The summed E-state index contributed by atoms with van der Waals surface area (Å²) in [5.41, 5.74) is 0. The van der Waals surface area contributed by atoms with Gasteiger partial charge >= 0.3 is 0 Å². The van der Waals surface area contributed by atoms with Crippen molar-refractivity contribution in [2.45, 2.75) is 32.1 Å². The van der Waals surface area contributed by atoms with Crippen molar-refractivity contribution in [3.8, 4) is 0 Å². The fourth-order valence-electron chi connectivity index (χ4n) is 2.08. The van der Waals surface area contributed by atoms with Crippen molar-refractivity contribution in [2.24, 2.45) is 5.92 Å². The maximum atomic E-state index is 11.7. The predicted molar refractivity (Wildman–Crippen MR) is 71.6 cm³/mol. The molecule has 4 nitrogen and oxygen atoms in total. The van der Waals surface area contributed by atoms with Crippen LogP contribution in [0.15, 0.2) is 0 Å². The summed E-state index contributed by atoms with van der Waals surface area (Å²) in [6.07, 6.45) is 5.86. The van der Waals surface area contributed by atoms with Crippen molar-refractivity contribution in [1.82, 2.24) is 10.6 Å². The van der Waals surface area contributed by atoms with E-state index in [1.165, 1.54) is 19.3 Å². The molecule has 5 heteroatoms. The molecule has 0 aromatic heterocycles. The first-order valence-corrected chi connectivity index (χ1v) is 6.32. The number of hydrogen-bond donors (Lipinski definition) is 2. The molecule has 0 heterocycles. The van der Waals surface area contributed by atoms with Gasteiger partial charge < -0.3 is 15.4 Å². The first-order chi connectivity index (χ1) is 7.84. The standard InChI is InChI=1S/C12H24N2O2.ClH/c1-16-10-9-13-7-8-14-12(15)11-5-3-2-4-6-11;/h11,13H,2-10H2,1H3,(H,14,15);1H. The highest BCUT2D eigenvalue weighted by Crippen LogP contribution is 2.23. The predicted octanol–water partition coefficient (Wildman–Crippen LogP) is 1.34. The van der Waals surface area contributed by atoms with Gasteiger partial charge in [-0.1, -0.05) is 19.3 Å². The number of rotatable bonds is 7. The van der Waals surface area contributed by atoms with E-state index in [4.69, 9.17) is 4.74 Å². The summed E-state index contributed by atoms with van der Waals surface area (Å²) < 4.78 is 4.91. The minimum atomic E-state index is 0. The van der Waals surface area contributed by atoms with Gasteiger partial charge in [0.15, 0.2) is 0 Å². The number of carbonyl (C=O) groups is 1. The topological polar surface area (TPSA) is 50.4 Å². The quantitative estimate of drug-likeness (QED) is 0.683. The van der Waals surface area contributed by atoms with Gasteiger partial charge in [-0.05, 0) is 12.8 Å². The molecule has 0 bridgehead atoms. The highest BCUT2D eigenvalue weighted by atomic mass is 35.5. The van der Waals surface area contributed by atoms with Crippen molar-refractivity contribution in [2.75, 3.05) is 33.4 Å². The van der Waals surface area contributed by atoms with Crippen molar-refractivity contribution in [1.29, 1.82) is 0 Å². The van der Waals surface area contributed by atoms with Crippen LogP contribution in [0, 0.1) is 5.92 Å². The molecule has 0 unspecified atom stereocenters. The number of nitrogens with one attached hydrogen (secondary N) is 2. The zero-order chi connectivity index (χ0) is 11.6. The molecule has 0 saturated heterocycles. The number of ether oxygens (including phenoxy) is 1. The molecule has 0 aromatic carbocycles. The van der Waals surface area contributed by atoms with Crippen LogP contribution in [0.25, 0.3) is 0 Å². The van der Waals surface area contributed by atoms with Crippen LogP contribution in [0.5, 0.6) is 0 Å². The van der Waals surface area contributed by atoms with Crippen molar-refractivity contribution in [3.63, 3.8) is 0 Å². The third-order valence-corrected chi connectivity index (χ3v) is 3.06. The molecule has 2 N–H and O–H groups in total. The van der Waals surface area contributed by atoms with Gasteiger partial charge in [-0.25, -0.2) is 0 Å². The van der Waals surface area contributed by atoms with Crippen LogP contribution in [-0.4, -0.2) is 39.3 Å². The van der Waals surface area contributed by atoms with Gasteiger partial charge in [-0.15, -0.1) is 12.4 Å². The Labute approximate surface area is 110 Å². The minimum absolute atomic E-state index is 0. The van der Waals surface area contributed by atoms with Gasteiger partial charge in [0.05, 0.1) is 6.61 Å². The van der Waals surface area contributed by atoms with Gasteiger partial charge in [0.25, 0.3) is 0 Å². The third kappa shape index (κ3) is 7.58. The Hall–Kier alpha value is -0.320. The van der Waals surface area contributed by atoms with Gasteiger partial charge in [0.1, 0.15) is 0 Å². The molecule has 1 saturated carbocycles. The molecule has 17 heavy (non-hydrogen) atoms. The van der Waals surface area contributed by atoms with E-state index in [9.17, 15) is 4.79 Å². The Morgan fingerprint density at radius 2 is 1.88 bits per heavy atom. The average molecular weight is 265 g/mol. The van der Waals surface area contributed by atoms with E-state index in [1.807, 2.05) is 0 Å². The normalized spacial score (nSPS) is 16.3. The summed E-state index contributed by atoms with van der Waals surface area (Å²) in [6, 6.07) is 0. The van der Waals surface area contributed by atoms with Crippen LogP contribution in [0.1, 0.15) is 32.1 Å². The SMILES string of the molecule is COCCNCCNC(=O)C1CCCCC1.Cl. The van der Waals surface area contributed by atoms with Crippen molar-refractivity contribution >= 4 is 18.3 Å². The van der Waals surface area contributed by atoms with E-state index in [1.54, 1.807) is 7.11 Å². The molecule has 0 aliphatic heterocycles. The number of methoxy groups -OCH3 is 1. The second-order valence-corrected chi connectivity index (χ2v) is 4.37. The molecule has 102 valence electrons. The lowest BCUT2D eigenvalue weighted by Crippen LogP contribution is -2.37. The third-order valence-electron chi connectivity index (χ3n) is 3.06. The number of halogens is 1. The van der Waals surface area contributed by atoms with Gasteiger partial charge in [0.2, 0.25) is 5.91 Å². The smallest absolute Gasteiger partial charge is 0.223 e. The maximum absolute atomic E-state index is 11.7. The Morgan fingerprint density at radius 1 is 1.18 bits per heavy atom. The highest BCUT2D eigenvalue weighted by Gasteiger charge is 2.20. The molecule has 1 fully saturated rings. The molecule has 0 atom stereocenters. The number of hydrogen-bond acceptors (Lipinski definition) is 3. The average Bonchev–Trinajstić information content (AvgIpc) is 2.34. The van der Waals surface area contributed by atoms with Crippen molar-refractivity contribution in [3.05, 3.63) is 0 Å². The summed E-state index contributed by atoms with van der Waals surface area (Å²) in [7, 11) is 1.69. The molecule has 1 aliphatic rings. The second kappa shape index (κ2) is 10.8. The van der Waals surface area contributed by atoms with Crippen LogP contribution in [0.3, 0.4) is 0 Å². The Kier molecular flexibility index (Phi) is 10.6. The lowest BCUT2D eigenvalue weighted by molar-refractivity contribution is -0.125. The summed E-state index contributed by atoms with van der Waals surface area (Å²) >= 11 is 0. The maximum Gasteiger partial charge on any atom is 0.223 e. The largest absolute Gasteiger partial charge is 0.383 e. The minimum Gasteiger partial charge on any atom is -0.383 e. The van der Waals surface area contributed by atoms with Gasteiger partial charge in [-0.2, -0.15) is 0 Å². The zero-order valence-electron chi connectivity index (χ0n) is 10.7. The lowest BCUT2D eigenvalue weighted by Gasteiger charge is -2.20. The molecule has 0 spiro atoms. The van der Waals surface area contributed by atoms with Crippen LogP contribution >= 0.6 is 12.4 Å². The van der Waals surface area contributed by atoms with E-state index < -0.39 is 0 Å². The number of amides is 1. The first kappa shape index (κ1) is 16.7. The second-order valence-electron chi connectivity index (χ2n) is 4.37. The summed E-state index contributed by atoms with van der Waals surface area (Å²) in [4.78, 5) is 11.7. The van der Waals surface area contributed by atoms with Crippen LogP contribution in [-0.2, 0) is 9.53 Å². The van der Waals surface area contributed by atoms with Gasteiger partial charge in [0, 0.05) is 32.7 Å². The van der Waals surface area contributed by atoms with E-state index in [-0.39, 0.29) is 24.2 Å². The Bertz CT molecular complexity index is 197. The fraction of sp³-hybridized carbons (Fsp3) is 0.917. The molecule has 0 aromatic rings. The Balaban J connectivity index is 0.00000256. The molecule has 1 aliphatic carbocycles. The molecular formula is C12H25ClN2O2. The highest BCUT2D eigenvalue weighted by molar-refractivity contribution is 5.85. The Morgan fingerprint density at radius 3 is 2.53 bits per heavy atom. The first-order valence-electron chi connectivity index (χ1n) is 6.32. The molecule has 1 amide bonds. The van der Waals surface area contributed by atoms with Crippen LogP contribution < -0.4 is 10.6 Å². The van der Waals surface area contributed by atoms with E-state index >= 15 is 0 Å². The van der Waals surface area contributed by atoms with Crippen molar-refractivity contribution < 1.29 is 9.53 Å². The van der Waals surface area contributed by atoms with Crippen LogP contribution in [0.4, 0.5) is 0 Å². The summed E-state index contributed by atoms with van der Waals surface area (Å²) in [5, 5.41) is 6.19. The fourth-order valence-corrected chi connectivity index (χ4v) is 2.08. The monoisotopic (exact) mass is 264 g/mol. The van der Waals surface area contributed by atoms with E-state index in [0.717, 1.165) is 39.1 Å². The van der Waals surface area contributed by atoms with Crippen LogP contribution in [0.2, 0.25) is 0 Å². The molecule has 0 radical (unpaired) electrons. The summed E-state index contributed by atoms with van der Waals surface area (Å²) in [6.45, 7) is 3.10. The van der Waals surface area contributed by atoms with Gasteiger partial charge in [-0.3, -0.25) is 4.79 Å². The molecular weight excluding hydrogens is 240 g/mol.